The van der Waals surface area contributed by atoms with E-state index in [0.717, 1.165) is 0 Å². The summed E-state index contributed by atoms with van der Waals surface area (Å²) in [5.41, 5.74) is 0.00167. The van der Waals surface area contributed by atoms with Crippen molar-refractivity contribution in [3.63, 3.8) is 0 Å². The van der Waals surface area contributed by atoms with Crippen molar-refractivity contribution in [3.8, 4) is 0 Å². The molecule has 1 atom stereocenters. The van der Waals surface area contributed by atoms with Gasteiger partial charge >= 0.3 is 7.60 Å². The van der Waals surface area contributed by atoms with Crippen molar-refractivity contribution < 1.29 is 23.5 Å². The molecule has 4 N–H and O–H groups in total. The maximum atomic E-state index is 12.9. The monoisotopic (exact) mass is 423 g/mol. The average molecular weight is 424 g/mol. The summed E-state index contributed by atoms with van der Waals surface area (Å²) in [7, 11) is -2.85. The number of nitrogens with zero attached hydrogens (tertiary/aromatic N) is 1. The maximum absolute atomic E-state index is 12.9. The summed E-state index contributed by atoms with van der Waals surface area (Å²) in [5.74, 6) is -1.18. The number of nitrogens with one attached hydrogen (secondary N) is 1. The number of amides is 1. The van der Waals surface area contributed by atoms with Crippen LogP contribution < -0.4 is 5.32 Å². The Bertz CT molecular complexity index is 1110. The van der Waals surface area contributed by atoms with Crippen molar-refractivity contribution in [1.29, 1.82) is 0 Å². The van der Waals surface area contributed by atoms with E-state index >= 15 is 0 Å². The van der Waals surface area contributed by atoms with Gasteiger partial charge in [-0.25, -0.2) is 4.39 Å². The molecule has 0 bridgehead atoms. The first-order valence-corrected chi connectivity index (χ1v) is 10.3. The number of rotatable bonds is 5. The van der Waals surface area contributed by atoms with Crippen molar-refractivity contribution in [1.82, 2.24) is 9.88 Å². The molecule has 146 valence electrons. The van der Waals surface area contributed by atoms with E-state index in [9.17, 15) is 23.5 Å². The van der Waals surface area contributed by atoms with Crippen LogP contribution in [-0.2, 0) is 11.8 Å². The second kappa shape index (κ2) is 7.89. The molecular weight excluding hydrogens is 406 g/mol. The number of carbonyl (C=O) groups is 1. The molecule has 1 amide bonds. The summed E-state index contributed by atoms with van der Waals surface area (Å²) in [6.45, 7) is 0. The molecule has 28 heavy (non-hydrogen) atoms. The van der Waals surface area contributed by atoms with Gasteiger partial charge in [0.1, 0.15) is 5.82 Å². The standard InChI is InChI=1S/C19H17ClFN2O4P/c1-23-11-16(15-10-13(20)4-7-17(15)23)18(28(25,26)27)19(24)22-9-8-12-2-5-14(21)6-3-12/h2-11,18H,1H3,(H,22,24)(H2,25,26,27)/p+1/b9-8+. The first kappa shape index (κ1) is 20.3. The maximum Gasteiger partial charge on any atom is 0.513 e. The Morgan fingerprint density at radius 2 is 1.96 bits per heavy atom. The van der Waals surface area contributed by atoms with E-state index < -0.39 is 19.2 Å². The highest BCUT2D eigenvalue weighted by molar-refractivity contribution is 7.53. The van der Waals surface area contributed by atoms with Crippen molar-refractivity contribution >= 4 is 42.1 Å². The number of aryl methyl sites for hydroxylation is 1. The zero-order valence-electron chi connectivity index (χ0n) is 14.8. The topological polar surface area (TPSA) is 95.9 Å². The van der Waals surface area contributed by atoms with Gasteiger partial charge in [-0.05, 0) is 42.0 Å². The summed E-state index contributed by atoms with van der Waals surface area (Å²) in [6, 6.07) is 10.6. The van der Waals surface area contributed by atoms with Crippen LogP contribution in [0.5, 0.6) is 0 Å². The smallest absolute Gasteiger partial charge is 0.350 e. The van der Waals surface area contributed by atoms with E-state index in [-0.39, 0.29) is 11.4 Å². The number of benzene rings is 2. The normalized spacial score (nSPS) is 13.2. The van der Waals surface area contributed by atoms with Crippen LogP contribution in [0, 0.1) is 5.82 Å². The van der Waals surface area contributed by atoms with Gasteiger partial charge in [-0.2, -0.15) is 0 Å². The minimum atomic E-state index is -4.58. The molecule has 2 aromatic carbocycles. The van der Waals surface area contributed by atoms with Crippen molar-refractivity contribution in [3.05, 3.63) is 76.8 Å². The summed E-state index contributed by atoms with van der Waals surface area (Å²) < 4.78 is 24.6. The first-order chi connectivity index (χ1) is 13.2. The highest BCUT2D eigenvalue weighted by Crippen LogP contribution is 2.53. The highest BCUT2D eigenvalue weighted by atomic mass is 35.5. The fourth-order valence-electron chi connectivity index (χ4n) is 2.97. The SMILES string of the molecule is Cn1cc(C(C(=O)N/C=C/c2ccc(F)cc2)P(O)(O)=[OH+])c2cc(Cl)ccc21. The molecule has 0 fully saturated rings. The molecule has 3 rings (SSSR count). The van der Waals surface area contributed by atoms with Crippen molar-refractivity contribution in [2.24, 2.45) is 7.05 Å². The molecule has 9 heteroatoms. The number of aromatic nitrogens is 1. The molecule has 1 unspecified atom stereocenters. The fraction of sp³-hybridized carbons (Fsp3) is 0.105. The minimum Gasteiger partial charge on any atom is -0.350 e. The number of fused-ring (bicyclic) bond motifs is 1. The Balaban J connectivity index is 1.93. The zero-order chi connectivity index (χ0) is 20.5. The third-order valence-electron chi connectivity index (χ3n) is 4.24. The molecule has 1 aromatic heterocycles. The van der Waals surface area contributed by atoms with Crippen LogP contribution in [0.3, 0.4) is 0 Å². The van der Waals surface area contributed by atoms with Crippen LogP contribution in [0.4, 0.5) is 4.39 Å². The Morgan fingerprint density at radius 1 is 1.29 bits per heavy atom. The molecule has 0 saturated heterocycles. The van der Waals surface area contributed by atoms with Gasteiger partial charge in [-0.3, -0.25) is 19.1 Å². The first-order valence-electron chi connectivity index (χ1n) is 8.21. The summed E-state index contributed by atoms with van der Waals surface area (Å²) in [4.78, 5) is 32.5. The lowest BCUT2D eigenvalue weighted by Gasteiger charge is -2.12. The van der Waals surface area contributed by atoms with E-state index in [1.807, 2.05) is 0 Å². The Kier molecular flexibility index (Phi) is 5.72. The van der Waals surface area contributed by atoms with Crippen LogP contribution in [0.25, 0.3) is 17.0 Å². The van der Waals surface area contributed by atoms with Gasteiger partial charge in [-0.15, -0.1) is 0 Å². The van der Waals surface area contributed by atoms with E-state index in [1.165, 1.54) is 36.5 Å². The molecule has 0 saturated carbocycles. The molecule has 0 aliphatic rings. The third-order valence-corrected chi connectivity index (χ3v) is 5.68. The second-order valence-corrected chi connectivity index (χ2v) is 8.45. The predicted octanol–water partition coefficient (Wildman–Crippen LogP) is 3.92. The second-order valence-electron chi connectivity index (χ2n) is 6.27. The molecule has 0 spiro atoms. The van der Waals surface area contributed by atoms with Gasteiger partial charge in [0.05, 0.1) is 0 Å². The van der Waals surface area contributed by atoms with Gasteiger partial charge in [0, 0.05) is 40.9 Å². The van der Waals surface area contributed by atoms with Gasteiger partial charge in [0.15, 0.2) is 0 Å². The molecule has 0 radical (unpaired) electrons. The summed E-state index contributed by atoms with van der Waals surface area (Å²) in [6.07, 6.45) is 4.35. The average Bonchev–Trinajstić information content (AvgIpc) is 2.91. The van der Waals surface area contributed by atoms with Crippen LogP contribution in [-0.4, -0.2) is 24.8 Å². The number of hydrogen-bond acceptors (Lipinski definition) is 1. The number of carbonyl (C=O) groups excluding carboxylic acids is 1. The van der Waals surface area contributed by atoms with E-state index in [2.05, 4.69) is 5.32 Å². The van der Waals surface area contributed by atoms with E-state index in [4.69, 9.17) is 11.6 Å². The molecule has 0 aliphatic heterocycles. The van der Waals surface area contributed by atoms with E-state index in [1.54, 1.807) is 36.0 Å². The van der Waals surface area contributed by atoms with Crippen molar-refractivity contribution in [2.45, 2.75) is 5.66 Å². The lowest BCUT2D eigenvalue weighted by atomic mass is 10.1. The molecule has 6 nitrogen and oxygen atoms in total. The molecular formula is C19H18ClFN2O4P+. The molecule has 3 aromatic rings. The van der Waals surface area contributed by atoms with E-state index in [0.29, 0.717) is 21.5 Å². The molecule has 0 aliphatic carbocycles. The lowest BCUT2D eigenvalue weighted by Crippen LogP contribution is -2.25. The number of halogens is 2. The Morgan fingerprint density at radius 3 is 2.61 bits per heavy atom. The summed E-state index contributed by atoms with van der Waals surface area (Å²) in [5, 5.41) is 3.37. The minimum absolute atomic E-state index is 0.244. The number of hydrogen-bond donors (Lipinski definition) is 3. The van der Waals surface area contributed by atoms with Crippen LogP contribution in [0.1, 0.15) is 16.8 Å². The lowest BCUT2D eigenvalue weighted by molar-refractivity contribution is -0.120. The van der Waals surface area contributed by atoms with Crippen LogP contribution in [0.2, 0.25) is 5.02 Å². The summed E-state index contributed by atoms with van der Waals surface area (Å²) >= 11 is 6.03. The Hall–Kier alpha value is -2.44. The van der Waals surface area contributed by atoms with Gasteiger partial charge in [0.25, 0.3) is 0 Å². The van der Waals surface area contributed by atoms with Crippen LogP contribution >= 0.6 is 19.2 Å². The third kappa shape index (κ3) is 4.34. The quantitative estimate of drug-likeness (QED) is 0.428. The largest absolute Gasteiger partial charge is 0.513 e. The van der Waals surface area contributed by atoms with Gasteiger partial charge in [-0.1, -0.05) is 23.7 Å². The molecule has 1 heterocycles. The van der Waals surface area contributed by atoms with Crippen LogP contribution in [0.15, 0.2) is 54.9 Å². The zero-order valence-corrected chi connectivity index (χ0v) is 16.4. The van der Waals surface area contributed by atoms with Gasteiger partial charge < -0.3 is 9.88 Å². The fourth-order valence-corrected chi connectivity index (χ4v) is 4.11. The van der Waals surface area contributed by atoms with Gasteiger partial charge in [0.2, 0.25) is 11.6 Å². The Labute approximate surface area is 165 Å². The highest BCUT2D eigenvalue weighted by Gasteiger charge is 2.45. The van der Waals surface area contributed by atoms with Crippen molar-refractivity contribution in [2.75, 3.05) is 0 Å². The predicted molar refractivity (Wildman–Crippen MR) is 108 cm³/mol.